The van der Waals surface area contributed by atoms with E-state index in [0.29, 0.717) is 19.3 Å². The zero-order valence-electron chi connectivity index (χ0n) is 18.5. The van der Waals surface area contributed by atoms with E-state index in [4.69, 9.17) is 4.74 Å². The van der Waals surface area contributed by atoms with Gasteiger partial charge in [0.15, 0.2) is 0 Å². The van der Waals surface area contributed by atoms with E-state index in [2.05, 4.69) is 5.32 Å². The molecule has 1 saturated carbocycles. The van der Waals surface area contributed by atoms with Gasteiger partial charge in [0, 0.05) is 5.54 Å². The highest BCUT2D eigenvalue weighted by Gasteiger charge is 2.53. The Bertz CT molecular complexity index is 775. The predicted octanol–water partition coefficient (Wildman–Crippen LogP) is 2.92. The number of nitrogens with one attached hydrogen (secondary N) is 1. The molecule has 1 aromatic rings. The van der Waals surface area contributed by atoms with Crippen LogP contribution in [-0.4, -0.2) is 58.1 Å². The third-order valence-corrected chi connectivity index (χ3v) is 6.72. The average Bonchev–Trinajstić information content (AvgIpc) is 3.38. The van der Waals surface area contributed by atoms with Crippen molar-refractivity contribution in [1.29, 1.82) is 0 Å². The van der Waals surface area contributed by atoms with E-state index < -0.39 is 24.1 Å². The maximum absolute atomic E-state index is 13.5. The van der Waals surface area contributed by atoms with Gasteiger partial charge in [-0.3, -0.25) is 14.9 Å². The molecule has 0 radical (unpaired) electrons. The summed E-state index contributed by atoms with van der Waals surface area (Å²) in [6.45, 7) is 3.74. The second-order valence-electron chi connectivity index (χ2n) is 8.75. The van der Waals surface area contributed by atoms with Gasteiger partial charge >= 0.3 is 11.9 Å². The van der Waals surface area contributed by atoms with Crippen LogP contribution >= 0.6 is 0 Å². The van der Waals surface area contributed by atoms with Gasteiger partial charge in [0.25, 0.3) is 0 Å². The maximum Gasteiger partial charge on any atom is 0.326 e. The first-order valence-corrected chi connectivity index (χ1v) is 11.4. The number of amides is 1. The minimum atomic E-state index is -0.949. The summed E-state index contributed by atoms with van der Waals surface area (Å²) in [5.74, 6) is -1.57. The number of carboxylic acids is 1. The molecule has 1 unspecified atom stereocenters. The standard InChI is InChI=1S/C24H34N2O5/c1-3-31-23(30)19(12-11-18-9-5-4-6-10-18)25-17(2)21(27)26-20(22(28)29)13-16-24(26)14-7-8-15-24/h4-6,9-10,17,19-20,25H,3,7-8,11-16H2,1-2H3,(H,28,29)/t17?,19-,20-/m0/s1. The Morgan fingerprint density at radius 1 is 1.19 bits per heavy atom. The Balaban J connectivity index is 1.72. The molecule has 1 aliphatic heterocycles. The Hall–Kier alpha value is -2.41. The summed E-state index contributed by atoms with van der Waals surface area (Å²) in [6, 6.07) is 7.75. The van der Waals surface area contributed by atoms with Crippen molar-refractivity contribution in [1.82, 2.24) is 10.2 Å². The highest BCUT2D eigenvalue weighted by atomic mass is 16.5. The second kappa shape index (κ2) is 10.3. The average molecular weight is 431 g/mol. The number of carbonyl (C=O) groups excluding carboxylic acids is 2. The number of esters is 1. The molecule has 0 bridgehead atoms. The van der Waals surface area contributed by atoms with Crippen LogP contribution in [0.5, 0.6) is 0 Å². The summed E-state index contributed by atoms with van der Waals surface area (Å²) in [6.07, 6.45) is 6.12. The Morgan fingerprint density at radius 3 is 2.48 bits per heavy atom. The van der Waals surface area contributed by atoms with Crippen molar-refractivity contribution in [3.63, 3.8) is 0 Å². The first-order valence-electron chi connectivity index (χ1n) is 11.4. The van der Waals surface area contributed by atoms with Crippen LogP contribution in [0.2, 0.25) is 0 Å². The predicted molar refractivity (Wildman–Crippen MR) is 116 cm³/mol. The third kappa shape index (κ3) is 5.26. The molecular weight excluding hydrogens is 396 g/mol. The van der Waals surface area contributed by atoms with Crippen LogP contribution in [0.25, 0.3) is 0 Å². The molecular formula is C24H34N2O5. The highest BCUT2D eigenvalue weighted by Crippen LogP contribution is 2.46. The molecule has 7 heteroatoms. The van der Waals surface area contributed by atoms with Crippen LogP contribution in [0.1, 0.15) is 64.4 Å². The molecule has 1 spiro atoms. The van der Waals surface area contributed by atoms with Gasteiger partial charge in [0.2, 0.25) is 5.91 Å². The number of aryl methyl sites for hydroxylation is 1. The number of carbonyl (C=O) groups is 3. The Morgan fingerprint density at radius 2 is 1.87 bits per heavy atom. The molecule has 2 aliphatic rings. The zero-order chi connectivity index (χ0) is 22.4. The molecule has 1 aliphatic carbocycles. The quantitative estimate of drug-likeness (QED) is 0.585. The lowest BCUT2D eigenvalue weighted by atomic mass is 9.93. The van der Waals surface area contributed by atoms with Crippen LogP contribution in [0.3, 0.4) is 0 Å². The normalized spacial score (nSPS) is 21.7. The van der Waals surface area contributed by atoms with E-state index in [1.54, 1.807) is 18.7 Å². The highest BCUT2D eigenvalue weighted by molar-refractivity contribution is 5.89. The summed E-state index contributed by atoms with van der Waals surface area (Å²) in [5, 5.41) is 12.9. The van der Waals surface area contributed by atoms with Gasteiger partial charge in [0.05, 0.1) is 12.6 Å². The van der Waals surface area contributed by atoms with Crippen molar-refractivity contribution in [2.24, 2.45) is 0 Å². The SMILES string of the molecule is CCOC(=O)[C@H](CCc1ccccc1)NC(C)C(=O)N1[C@H](C(=O)O)CCC12CCCC2. The van der Waals surface area contributed by atoms with E-state index >= 15 is 0 Å². The minimum absolute atomic E-state index is 0.235. The first-order chi connectivity index (χ1) is 14.9. The molecule has 1 heterocycles. The number of benzene rings is 1. The monoisotopic (exact) mass is 430 g/mol. The molecule has 2 fully saturated rings. The fraction of sp³-hybridized carbons (Fsp3) is 0.625. The van der Waals surface area contributed by atoms with Gasteiger partial charge in [-0.2, -0.15) is 0 Å². The smallest absolute Gasteiger partial charge is 0.326 e. The van der Waals surface area contributed by atoms with Gasteiger partial charge in [-0.25, -0.2) is 4.79 Å². The van der Waals surface area contributed by atoms with Crippen molar-refractivity contribution in [2.45, 2.75) is 88.9 Å². The van der Waals surface area contributed by atoms with Gasteiger partial charge in [-0.05, 0) is 57.9 Å². The molecule has 170 valence electrons. The van der Waals surface area contributed by atoms with E-state index in [0.717, 1.165) is 37.7 Å². The fourth-order valence-electron chi connectivity index (χ4n) is 5.18. The minimum Gasteiger partial charge on any atom is -0.480 e. The van der Waals surface area contributed by atoms with Crippen molar-refractivity contribution in [3.05, 3.63) is 35.9 Å². The second-order valence-corrected chi connectivity index (χ2v) is 8.75. The van der Waals surface area contributed by atoms with Crippen LogP contribution in [0.4, 0.5) is 0 Å². The molecule has 3 atom stereocenters. The van der Waals surface area contributed by atoms with Crippen molar-refractivity contribution < 1.29 is 24.2 Å². The van der Waals surface area contributed by atoms with Gasteiger partial charge < -0.3 is 14.7 Å². The lowest BCUT2D eigenvalue weighted by Gasteiger charge is -2.39. The largest absolute Gasteiger partial charge is 0.480 e. The molecule has 0 aromatic heterocycles. The number of hydrogen-bond donors (Lipinski definition) is 2. The number of nitrogens with zero attached hydrogens (tertiary/aromatic N) is 1. The van der Waals surface area contributed by atoms with Crippen LogP contribution in [-0.2, 0) is 25.5 Å². The fourth-order valence-corrected chi connectivity index (χ4v) is 5.18. The Kier molecular flexibility index (Phi) is 7.70. The van der Waals surface area contributed by atoms with Crippen molar-refractivity contribution in [2.75, 3.05) is 6.61 Å². The molecule has 1 amide bonds. The lowest BCUT2D eigenvalue weighted by Crippen LogP contribution is -2.58. The molecule has 1 saturated heterocycles. The number of hydrogen-bond acceptors (Lipinski definition) is 5. The summed E-state index contributed by atoms with van der Waals surface area (Å²) >= 11 is 0. The van der Waals surface area contributed by atoms with Crippen LogP contribution in [0, 0.1) is 0 Å². The maximum atomic E-state index is 13.5. The number of likely N-dealkylation sites (tertiary alicyclic amines) is 1. The van der Waals surface area contributed by atoms with Crippen molar-refractivity contribution in [3.8, 4) is 0 Å². The number of aliphatic carboxylic acids is 1. The summed E-state index contributed by atoms with van der Waals surface area (Å²) < 4.78 is 5.23. The zero-order valence-corrected chi connectivity index (χ0v) is 18.5. The third-order valence-electron chi connectivity index (χ3n) is 6.72. The summed E-state index contributed by atoms with van der Waals surface area (Å²) in [4.78, 5) is 39.5. The van der Waals surface area contributed by atoms with E-state index in [9.17, 15) is 19.5 Å². The van der Waals surface area contributed by atoms with Crippen molar-refractivity contribution >= 4 is 17.8 Å². The van der Waals surface area contributed by atoms with Crippen LogP contribution in [0.15, 0.2) is 30.3 Å². The van der Waals surface area contributed by atoms with E-state index in [1.807, 2.05) is 30.3 Å². The number of ether oxygens (including phenoxy) is 1. The van der Waals surface area contributed by atoms with E-state index in [-0.39, 0.29) is 24.0 Å². The first kappa shape index (κ1) is 23.3. The summed E-state index contributed by atoms with van der Waals surface area (Å²) in [5.41, 5.74) is 0.757. The Labute approximate surface area is 184 Å². The summed E-state index contributed by atoms with van der Waals surface area (Å²) in [7, 11) is 0. The number of rotatable bonds is 9. The topological polar surface area (TPSA) is 95.9 Å². The molecule has 1 aromatic carbocycles. The number of carboxylic acid groups (broad SMARTS) is 1. The molecule has 7 nitrogen and oxygen atoms in total. The molecule has 31 heavy (non-hydrogen) atoms. The van der Waals surface area contributed by atoms with Gasteiger partial charge in [-0.15, -0.1) is 0 Å². The van der Waals surface area contributed by atoms with Gasteiger partial charge in [-0.1, -0.05) is 43.2 Å². The lowest BCUT2D eigenvalue weighted by molar-refractivity contribution is -0.154. The van der Waals surface area contributed by atoms with Crippen LogP contribution < -0.4 is 5.32 Å². The molecule has 3 rings (SSSR count). The van der Waals surface area contributed by atoms with Gasteiger partial charge in [0.1, 0.15) is 12.1 Å². The van der Waals surface area contributed by atoms with E-state index in [1.165, 1.54) is 0 Å². The molecule has 2 N–H and O–H groups in total.